The Kier molecular flexibility index (Phi) is 4.36. The standard InChI is InChI=1S/C15H19N5/c1-11-8-14(10-16)9-15(18-11)17-5-4-6-20-13(3)7-12(2)19-20/h7-9H,4-6H2,1-3H3,(H,17,18). The summed E-state index contributed by atoms with van der Waals surface area (Å²) in [6.07, 6.45) is 0.958. The predicted octanol–water partition coefficient (Wildman–Crippen LogP) is 2.58. The summed E-state index contributed by atoms with van der Waals surface area (Å²) in [5.74, 6) is 0.759. The zero-order valence-electron chi connectivity index (χ0n) is 12.1. The third kappa shape index (κ3) is 3.58. The molecule has 0 fully saturated rings. The van der Waals surface area contributed by atoms with Gasteiger partial charge in [-0.25, -0.2) is 4.98 Å². The minimum atomic E-state index is 0.638. The van der Waals surface area contributed by atoms with E-state index in [0.717, 1.165) is 36.7 Å². The molecule has 0 bridgehead atoms. The average Bonchev–Trinajstić information content (AvgIpc) is 2.72. The van der Waals surface area contributed by atoms with Crippen molar-refractivity contribution < 1.29 is 0 Å². The van der Waals surface area contributed by atoms with Gasteiger partial charge in [0, 0.05) is 24.5 Å². The van der Waals surface area contributed by atoms with E-state index in [0.29, 0.717) is 5.56 Å². The van der Waals surface area contributed by atoms with E-state index in [9.17, 15) is 0 Å². The number of nitrogens with one attached hydrogen (secondary N) is 1. The molecule has 0 aliphatic heterocycles. The molecule has 1 N–H and O–H groups in total. The molecule has 0 aromatic carbocycles. The molecular weight excluding hydrogens is 250 g/mol. The first-order valence-electron chi connectivity index (χ1n) is 6.72. The summed E-state index contributed by atoms with van der Waals surface area (Å²) in [7, 11) is 0. The SMILES string of the molecule is Cc1cc(C#N)cc(NCCCn2nc(C)cc2C)n1. The largest absolute Gasteiger partial charge is 0.370 e. The number of nitriles is 1. The number of hydrogen-bond acceptors (Lipinski definition) is 4. The van der Waals surface area contributed by atoms with Gasteiger partial charge in [-0.05, 0) is 45.4 Å². The van der Waals surface area contributed by atoms with Gasteiger partial charge in [-0.3, -0.25) is 4.68 Å². The number of anilines is 1. The van der Waals surface area contributed by atoms with Crippen molar-refractivity contribution in [1.82, 2.24) is 14.8 Å². The number of pyridine rings is 1. The van der Waals surface area contributed by atoms with E-state index in [4.69, 9.17) is 5.26 Å². The molecule has 104 valence electrons. The third-order valence-corrected chi connectivity index (χ3v) is 3.04. The van der Waals surface area contributed by atoms with Crippen LogP contribution in [0.25, 0.3) is 0 Å². The van der Waals surface area contributed by atoms with Crippen LogP contribution in [0, 0.1) is 32.1 Å². The Bertz CT molecular complexity index is 636. The molecule has 0 amide bonds. The molecule has 0 saturated carbocycles. The molecule has 0 aliphatic carbocycles. The van der Waals surface area contributed by atoms with Crippen molar-refractivity contribution in [2.24, 2.45) is 0 Å². The van der Waals surface area contributed by atoms with E-state index in [1.165, 1.54) is 5.69 Å². The molecule has 0 unspecified atom stereocenters. The van der Waals surface area contributed by atoms with Crippen LogP contribution in [-0.2, 0) is 6.54 Å². The Morgan fingerprint density at radius 1 is 1.20 bits per heavy atom. The summed E-state index contributed by atoms with van der Waals surface area (Å²) in [5, 5.41) is 16.6. The number of nitrogens with zero attached hydrogens (tertiary/aromatic N) is 4. The molecule has 2 aromatic heterocycles. The Morgan fingerprint density at radius 3 is 2.65 bits per heavy atom. The molecule has 0 aliphatic rings. The van der Waals surface area contributed by atoms with Crippen molar-refractivity contribution in [3.05, 3.63) is 40.8 Å². The van der Waals surface area contributed by atoms with Crippen LogP contribution in [-0.4, -0.2) is 21.3 Å². The first-order valence-corrected chi connectivity index (χ1v) is 6.72. The molecule has 0 radical (unpaired) electrons. The van der Waals surface area contributed by atoms with Crippen molar-refractivity contribution in [3.8, 4) is 6.07 Å². The number of hydrogen-bond donors (Lipinski definition) is 1. The Morgan fingerprint density at radius 2 is 2.00 bits per heavy atom. The lowest BCUT2D eigenvalue weighted by molar-refractivity contribution is 0.573. The topological polar surface area (TPSA) is 66.5 Å². The minimum Gasteiger partial charge on any atom is -0.370 e. The van der Waals surface area contributed by atoms with Crippen LogP contribution in [0.3, 0.4) is 0 Å². The van der Waals surface area contributed by atoms with E-state index in [1.54, 1.807) is 12.1 Å². The lowest BCUT2D eigenvalue weighted by Gasteiger charge is -2.08. The van der Waals surface area contributed by atoms with Gasteiger partial charge in [0.15, 0.2) is 0 Å². The maximum Gasteiger partial charge on any atom is 0.127 e. The summed E-state index contributed by atoms with van der Waals surface area (Å²) in [6, 6.07) is 7.77. The van der Waals surface area contributed by atoms with Crippen molar-refractivity contribution in [2.45, 2.75) is 33.7 Å². The van der Waals surface area contributed by atoms with Gasteiger partial charge in [0.05, 0.1) is 17.3 Å². The summed E-state index contributed by atoms with van der Waals surface area (Å²) in [4.78, 5) is 4.36. The molecule has 0 saturated heterocycles. The molecule has 5 heteroatoms. The maximum absolute atomic E-state index is 8.92. The van der Waals surface area contributed by atoms with Crippen LogP contribution >= 0.6 is 0 Å². The molecule has 2 rings (SSSR count). The van der Waals surface area contributed by atoms with Gasteiger partial charge in [0.1, 0.15) is 5.82 Å². The highest BCUT2D eigenvalue weighted by Gasteiger charge is 2.01. The molecule has 5 nitrogen and oxygen atoms in total. The highest BCUT2D eigenvalue weighted by molar-refractivity contribution is 5.44. The number of rotatable bonds is 5. The fourth-order valence-electron chi connectivity index (χ4n) is 2.17. The number of aromatic nitrogens is 3. The second-order valence-electron chi connectivity index (χ2n) is 4.92. The third-order valence-electron chi connectivity index (χ3n) is 3.04. The van der Waals surface area contributed by atoms with Crippen LogP contribution < -0.4 is 5.32 Å². The van der Waals surface area contributed by atoms with Gasteiger partial charge in [-0.1, -0.05) is 0 Å². The fraction of sp³-hybridized carbons (Fsp3) is 0.400. The van der Waals surface area contributed by atoms with Crippen LogP contribution in [0.2, 0.25) is 0 Å². The van der Waals surface area contributed by atoms with E-state index in [1.807, 2.05) is 18.5 Å². The highest BCUT2D eigenvalue weighted by atomic mass is 15.3. The van der Waals surface area contributed by atoms with E-state index in [2.05, 4.69) is 34.5 Å². The summed E-state index contributed by atoms with van der Waals surface area (Å²) < 4.78 is 2.02. The lowest BCUT2D eigenvalue weighted by Crippen LogP contribution is -2.10. The van der Waals surface area contributed by atoms with Crippen molar-refractivity contribution in [1.29, 1.82) is 5.26 Å². The average molecular weight is 269 g/mol. The summed E-state index contributed by atoms with van der Waals surface area (Å²) >= 11 is 0. The lowest BCUT2D eigenvalue weighted by atomic mass is 10.2. The van der Waals surface area contributed by atoms with Crippen LogP contribution in [0.4, 0.5) is 5.82 Å². The second-order valence-corrected chi connectivity index (χ2v) is 4.92. The van der Waals surface area contributed by atoms with Crippen LogP contribution in [0.15, 0.2) is 18.2 Å². The molecule has 0 atom stereocenters. The molecular formula is C15H19N5. The molecule has 20 heavy (non-hydrogen) atoms. The Balaban J connectivity index is 1.86. The molecule has 2 aromatic rings. The van der Waals surface area contributed by atoms with E-state index < -0.39 is 0 Å². The van der Waals surface area contributed by atoms with Gasteiger partial charge >= 0.3 is 0 Å². The Labute approximate surface area is 119 Å². The van der Waals surface area contributed by atoms with E-state index >= 15 is 0 Å². The first-order chi connectivity index (χ1) is 9.58. The van der Waals surface area contributed by atoms with Gasteiger partial charge in [-0.2, -0.15) is 10.4 Å². The number of aryl methyl sites for hydroxylation is 4. The predicted molar refractivity (Wildman–Crippen MR) is 78.5 cm³/mol. The summed E-state index contributed by atoms with van der Waals surface area (Å²) in [5.41, 5.74) is 3.72. The van der Waals surface area contributed by atoms with Crippen molar-refractivity contribution in [2.75, 3.05) is 11.9 Å². The highest BCUT2D eigenvalue weighted by Crippen LogP contribution is 2.09. The van der Waals surface area contributed by atoms with Crippen molar-refractivity contribution >= 4 is 5.82 Å². The van der Waals surface area contributed by atoms with Gasteiger partial charge < -0.3 is 5.32 Å². The molecule has 0 spiro atoms. The zero-order chi connectivity index (χ0) is 14.5. The van der Waals surface area contributed by atoms with Gasteiger partial charge in [0.2, 0.25) is 0 Å². The van der Waals surface area contributed by atoms with Crippen LogP contribution in [0.1, 0.15) is 29.1 Å². The van der Waals surface area contributed by atoms with Crippen LogP contribution in [0.5, 0.6) is 0 Å². The van der Waals surface area contributed by atoms with E-state index in [-0.39, 0.29) is 0 Å². The Hall–Kier alpha value is -2.35. The smallest absolute Gasteiger partial charge is 0.127 e. The summed E-state index contributed by atoms with van der Waals surface area (Å²) in [6.45, 7) is 7.64. The van der Waals surface area contributed by atoms with Gasteiger partial charge in [-0.15, -0.1) is 0 Å². The second kappa shape index (κ2) is 6.20. The fourth-order valence-corrected chi connectivity index (χ4v) is 2.17. The maximum atomic E-state index is 8.92. The van der Waals surface area contributed by atoms with Gasteiger partial charge in [0.25, 0.3) is 0 Å². The quantitative estimate of drug-likeness (QED) is 0.847. The monoisotopic (exact) mass is 269 g/mol. The zero-order valence-corrected chi connectivity index (χ0v) is 12.1. The molecule has 2 heterocycles. The van der Waals surface area contributed by atoms with Crippen molar-refractivity contribution in [3.63, 3.8) is 0 Å². The normalized spacial score (nSPS) is 10.3. The minimum absolute atomic E-state index is 0.638. The first kappa shape index (κ1) is 14.1.